The third-order valence-electron chi connectivity index (χ3n) is 2.76. The Balaban J connectivity index is 2.15. The molecule has 0 aromatic rings. The van der Waals surface area contributed by atoms with Gasteiger partial charge >= 0.3 is 13.1 Å². The van der Waals surface area contributed by atoms with Crippen LogP contribution >= 0.6 is 0 Å². The fraction of sp³-hybridized carbons (Fsp3) is 0.556. The minimum atomic E-state index is -1.38. The number of hydrogen-bond acceptors (Lipinski definition) is 5. The smallest absolute Gasteiger partial charge is 0.504 e. The van der Waals surface area contributed by atoms with E-state index in [-0.39, 0.29) is 18.9 Å². The largest absolute Gasteiger partial charge is 0.557 e. The van der Waals surface area contributed by atoms with E-state index in [9.17, 15) is 9.59 Å². The van der Waals surface area contributed by atoms with Gasteiger partial charge in [0.1, 0.15) is 7.85 Å². The van der Waals surface area contributed by atoms with Crippen LogP contribution in [0.1, 0.15) is 0 Å². The van der Waals surface area contributed by atoms with Gasteiger partial charge < -0.3 is 9.31 Å². The maximum Gasteiger partial charge on any atom is 0.557 e. The molecule has 2 heterocycles. The van der Waals surface area contributed by atoms with Gasteiger partial charge in [-0.15, -0.1) is 0 Å². The number of ketones is 1. The van der Waals surface area contributed by atoms with Crippen LogP contribution in [0.2, 0.25) is 6.32 Å². The topological polar surface area (TPSA) is 55.8 Å². The second-order valence-electron chi connectivity index (χ2n) is 4.15. The highest BCUT2D eigenvalue weighted by molar-refractivity contribution is 6.56. The Labute approximate surface area is 95.3 Å². The van der Waals surface area contributed by atoms with Crippen LogP contribution in [0.4, 0.5) is 0 Å². The fourth-order valence-corrected chi connectivity index (χ4v) is 1.98. The van der Waals surface area contributed by atoms with Crippen molar-refractivity contribution in [1.29, 1.82) is 0 Å². The average molecular weight is 221 g/mol. The van der Waals surface area contributed by atoms with Crippen LogP contribution in [0.15, 0.2) is 12.1 Å². The molecule has 0 aliphatic carbocycles. The monoisotopic (exact) mass is 221 g/mol. The summed E-state index contributed by atoms with van der Waals surface area (Å²) in [5.74, 6) is 0.887. The highest BCUT2D eigenvalue weighted by Gasteiger charge is 2.60. The first-order chi connectivity index (χ1) is 7.58. The molecule has 2 fully saturated rings. The molecule has 0 amide bonds. The minimum absolute atomic E-state index is 0.215. The van der Waals surface area contributed by atoms with E-state index in [4.69, 9.17) is 9.31 Å². The molecule has 2 rings (SSSR count). The maximum atomic E-state index is 11.7. The zero-order chi connectivity index (χ0) is 11.8. The molecule has 1 unspecified atom stereocenters. The lowest BCUT2D eigenvalue weighted by molar-refractivity contribution is -0.148. The molecular formula is C9H13B2NO4. The van der Waals surface area contributed by atoms with Gasteiger partial charge in [-0.2, -0.15) is 0 Å². The molecule has 84 valence electrons. The number of Topliss-reactive ketones (excluding diaryl/α,β-unsaturated/α-hetero) is 1. The summed E-state index contributed by atoms with van der Waals surface area (Å²) in [6, 6.07) is 0. The van der Waals surface area contributed by atoms with E-state index in [2.05, 4.69) is 0 Å². The van der Waals surface area contributed by atoms with Crippen LogP contribution in [0, 0.1) is 0 Å². The quantitative estimate of drug-likeness (QED) is 0.417. The molecule has 16 heavy (non-hydrogen) atoms. The summed E-state index contributed by atoms with van der Waals surface area (Å²) in [5, 5.41) is 0. The van der Waals surface area contributed by atoms with E-state index in [1.807, 2.05) is 13.9 Å². The van der Waals surface area contributed by atoms with Crippen molar-refractivity contribution in [3.05, 3.63) is 12.1 Å². The number of likely N-dealkylation sites (N-methyl/N-ethyl adjacent to an activating group) is 1. The normalized spacial score (nSPS) is 30.9. The average Bonchev–Trinajstić information content (AvgIpc) is 2.67. The van der Waals surface area contributed by atoms with Crippen molar-refractivity contribution < 1.29 is 18.9 Å². The molecular weight excluding hydrogens is 208 g/mol. The van der Waals surface area contributed by atoms with Crippen molar-refractivity contribution in [2.75, 3.05) is 20.1 Å². The predicted molar refractivity (Wildman–Crippen MR) is 60.7 cm³/mol. The van der Waals surface area contributed by atoms with Gasteiger partial charge in [0.05, 0.1) is 6.54 Å². The molecule has 7 heteroatoms. The van der Waals surface area contributed by atoms with Crippen LogP contribution in [0.25, 0.3) is 0 Å². The summed E-state index contributed by atoms with van der Waals surface area (Å²) in [6.45, 7) is 0.514. The van der Waals surface area contributed by atoms with Gasteiger partial charge in [0.15, 0.2) is 5.78 Å². The fourth-order valence-electron chi connectivity index (χ4n) is 1.98. The van der Waals surface area contributed by atoms with Gasteiger partial charge in [0, 0.05) is 6.54 Å². The number of carbonyl (C=O) groups is 2. The Morgan fingerprint density at radius 2 is 2.38 bits per heavy atom. The van der Waals surface area contributed by atoms with Crippen LogP contribution in [-0.4, -0.2) is 57.4 Å². The Kier molecular flexibility index (Phi) is 2.90. The van der Waals surface area contributed by atoms with E-state index in [1.165, 1.54) is 0 Å². The van der Waals surface area contributed by atoms with Crippen molar-refractivity contribution >= 4 is 26.7 Å². The molecule has 0 bridgehead atoms. The van der Waals surface area contributed by atoms with Crippen LogP contribution in [0.3, 0.4) is 0 Å². The summed E-state index contributed by atoms with van der Waals surface area (Å²) < 4.78 is 10.5. The van der Waals surface area contributed by atoms with E-state index in [0.717, 1.165) is 6.32 Å². The number of hydrogen-bond donors (Lipinski definition) is 0. The molecule has 0 N–H and O–H groups in total. The van der Waals surface area contributed by atoms with Crippen molar-refractivity contribution in [2.45, 2.75) is 11.9 Å². The summed E-state index contributed by atoms with van der Waals surface area (Å²) in [7, 11) is 3.03. The van der Waals surface area contributed by atoms with Gasteiger partial charge in [-0.3, -0.25) is 14.5 Å². The van der Waals surface area contributed by atoms with E-state index >= 15 is 0 Å². The van der Waals surface area contributed by atoms with Crippen LogP contribution in [0.5, 0.6) is 0 Å². The Morgan fingerprint density at radius 1 is 1.62 bits per heavy atom. The third kappa shape index (κ3) is 1.70. The molecule has 0 saturated carbocycles. The number of carbonyl (C=O) groups excluding carboxylic acids is 2. The minimum Gasteiger partial charge on any atom is -0.504 e. The summed E-state index contributed by atoms with van der Waals surface area (Å²) in [5.41, 5.74) is -1.38. The zero-order valence-corrected chi connectivity index (χ0v) is 9.43. The lowest BCUT2D eigenvalue weighted by Crippen LogP contribution is -2.45. The molecule has 1 atom stereocenters. The second kappa shape index (κ2) is 4.07. The lowest BCUT2D eigenvalue weighted by Gasteiger charge is -2.15. The molecule has 5 nitrogen and oxygen atoms in total. The first kappa shape index (κ1) is 11.4. The van der Waals surface area contributed by atoms with Crippen molar-refractivity contribution in [2.24, 2.45) is 0 Å². The highest BCUT2D eigenvalue weighted by Crippen LogP contribution is 2.29. The van der Waals surface area contributed by atoms with Crippen LogP contribution in [-0.2, 0) is 18.9 Å². The first-order valence-corrected chi connectivity index (χ1v) is 5.36. The maximum absolute atomic E-state index is 11.7. The molecule has 2 aliphatic rings. The summed E-state index contributed by atoms with van der Waals surface area (Å²) in [6.07, 6.45) is 2.68. The standard InChI is InChI=1S/C9H13B2NO4/c1-12-5-7(13)9(6-12)8(14)15-11(16-9)4-2-3-10/h2,4H,3,5-6,10H2,1H3/b4-2+. The molecule has 2 aliphatic heterocycles. The third-order valence-corrected chi connectivity index (χ3v) is 2.76. The van der Waals surface area contributed by atoms with Gasteiger partial charge in [-0.1, -0.05) is 12.4 Å². The molecule has 0 aromatic heterocycles. The summed E-state index contributed by atoms with van der Waals surface area (Å²) >= 11 is 0. The van der Waals surface area contributed by atoms with Crippen LogP contribution < -0.4 is 0 Å². The zero-order valence-electron chi connectivity index (χ0n) is 9.43. The predicted octanol–water partition coefficient (Wildman–Crippen LogP) is -1.55. The van der Waals surface area contributed by atoms with Crippen molar-refractivity contribution in [1.82, 2.24) is 4.90 Å². The highest BCUT2D eigenvalue weighted by atomic mass is 16.7. The van der Waals surface area contributed by atoms with Gasteiger partial charge in [-0.25, -0.2) is 0 Å². The lowest BCUT2D eigenvalue weighted by atomic mass is 9.87. The van der Waals surface area contributed by atoms with Crippen molar-refractivity contribution in [3.63, 3.8) is 0 Å². The summed E-state index contributed by atoms with van der Waals surface area (Å²) in [4.78, 5) is 25.2. The first-order valence-electron chi connectivity index (χ1n) is 5.36. The van der Waals surface area contributed by atoms with E-state index in [0.29, 0.717) is 0 Å². The van der Waals surface area contributed by atoms with E-state index in [1.54, 1.807) is 17.9 Å². The Morgan fingerprint density at radius 3 is 2.94 bits per heavy atom. The van der Waals surface area contributed by atoms with Gasteiger partial charge in [0.25, 0.3) is 0 Å². The van der Waals surface area contributed by atoms with Gasteiger partial charge in [0.2, 0.25) is 5.60 Å². The van der Waals surface area contributed by atoms with Crippen molar-refractivity contribution in [3.8, 4) is 0 Å². The molecule has 0 aromatic carbocycles. The van der Waals surface area contributed by atoms with E-state index < -0.39 is 18.7 Å². The number of nitrogens with zero attached hydrogens (tertiary/aromatic N) is 1. The number of allylic oxidation sites excluding steroid dienone is 1. The van der Waals surface area contributed by atoms with Gasteiger partial charge in [-0.05, 0) is 13.0 Å². The molecule has 2 saturated heterocycles. The molecule has 0 radical (unpaired) electrons. The Bertz CT molecular complexity index is 359. The SMILES string of the molecule is BC/C=C/B1OC(=O)C2(CN(C)CC2=O)O1. The number of likely N-dealkylation sites (tertiary alicyclic amines) is 1. The second-order valence-corrected chi connectivity index (χ2v) is 4.15. The Hall–Kier alpha value is -1.07. The number of rotatable bonds is 2. The molecule has 1 spiro atoms.